The maximum Gasteiger partial charge on any atom is 0.262 e. The minimum atomic E-state index is -3.74. The average Bonchev–Trinajstić information content (AvgIpc) is 3.33. The Labute approximate surface area is 167 Å². The predicted octanol–water partition coefficient (Wildman–Crippen LogP) is 2.57. The van der Waals surface area contributed by atoms with Crippen LogP contribution in [0.15, 0.2) is 33.9 Å². The highest BCUT2D eigenvalue weighted by Crippen LogP contribution is 2.27. The lowest BCUT2D eigenvalue weighted by molar-refractivity contribution is 0.0930. The number of halogens is 1. The lowest BCUT2D eigenvalue weighted by atomic mass is 10.0. The zero-order valence-electron chi connectivity index (χ0n) is 14.0. The molecule has 4 N–H and O–H groups in total. The Morgan fingerprint density at radius 3 is 2.73 bits per heavy atom. The fraction of sp³-hybridized carbons (Fsp3) is 0.438. The molecule has 0 aromatic carbocycles. The van der Waals surface area contributed by atoms with E-state index in [0.717, 1.165) is 35.5 Å². The molecule has 2 aromatic rings. The van der Waals surface area contributed by atoms with Crippen LogP contribution in [0.3, 0.4) is 0 Å². The van der Waals surface area contributed by atoms with Gasteiger partial charge in [0.1, 0.15) is 9.77 Å². The molecule has 6 nitrogen and oxygen atoms in total. The summed E-state index contributed by atoms with van der Waals surface area (Å²) in [6.45, 7) is 0.748. The Morgan fingerprint density at radius 2 is 2.04 bits per heavy atom. The summed E-state index contributed by atoms with van der Waals surface area (Å²) in [5.41, 5.74) is 5.75. The number of nitrogens with two attached hydrogens (primary N) is 1. The molecule has 0 radical (unpaired) electrons. The molecule has 1 amide bonds. The summed E-state index contributed by atoms with van der Waals surface area (Å²) < 4.78 is 27.7. The third kappa shape index (κ3) is 4.85. The molecule has 3 rings (SSSR count). The molecule has 10 heteroatoms. The van der Waals surface area contributed by atoms with Crippen LogP contribution in [0.1, 0.15) is 33.8 Å². The van der Waals surface area contributed by atoms with Gasteiger partial charge in [-0.05, 0) is 48.2 Å². The number of rotatable bonds is 7. The summed E-state index contributed by atoms with van der Waals surface area (Å²) in [6.07, 6.45) is 2.92. The number of nitrogens with one attached hydrogen (secondary N) is 2. The Hall–Kier alpha value is -0.970. The van der Waals surface area contributed by atoms with E-state index in [1.54, 1.807) is 5.38 Å². The normalized spacial score (nSPS) is 19.9. The molecular weight excluding hydrogens is 414 g/mol. The van der Waals surface area contributed by atoms with Gasteiger partial charge in [-0.25, -0.2) is 13.1 Å². The Bertz CT molecular complexity index is 821. The number of carbonyl (C=O) groups excluding carboxylic acids is 1. The first kappa shape index (κ1) is 21.3. The molecule has 2 atom stereocenters. The Kier molecular flexibility index (Phi) is 7.63. The second-order valence-electron chi connectivity index (χ2n) is 6.02. The van der Waals surface area contributed by atoms with Gasteiger partial charge in [-0.15, -0.1) is 35.1 Å². The van der Waals surface area contributed by atoms with Gasteiger partial charge in [0.2, 0.25) is 10.0 Å². The van der Waals surface area contributed by atoms with Crippen LogP contribution in [0.5, 0.6) is 0 Å². The molecule has 0 saturated heterocycles. The van der Waals surface area contributed by atoms with Crippen LogP contribution < -0.4 is 15.8 Å². The summed E-state index contributed by atoms with van der Waals surface area (Å²) in [5.74, 6) is -0.0715. The van der Waals surface area contributed by atoms with E-state index in [4.69, 9.17) is 5.73 Å². The van der Waals surface area contributed by atoms with Crippen molar-refractivity contribution < 1.29 is 13.2 Å². The third-order valence-electron chi connectivity index (χ3n) is 4.42. The van der Waals surface area contributed by atoms with Crippen molar-refractivity contribution in [3.8, 4) is 0 Å². The maximum atomic E-state index is 12.6. The van der Waals surface area contributed by atoms with Crippen LogP contribution in [0.4, 0.5) is 0 Å². The highest BCUT2D eigenvalue weighted by molar-refractivity contribution is 7.89. The fourth-order valence-corrected chi connectivity index (χ4v) is 6.15. The van der Waals surface area contributed by atoms with Gasteiger partial charge in [-0.2, -0.15) is 0 Å². The van der Waals surface area contributed by atoms with Gasteiger partial charge in [-0.1, -0.05) is 12.5 Å². The molecule has 26 heavy (non-hydrogen) atoms. The number of carbonyl (C=O) groups is 1. The molecule has 144 valence electrons. The molecule has 1 aliphatic carbocycles. The molecule has 0 spiro atoms. The zero-order chi connectivity index (χ0) is 17.9. The smallest absolute Gasteiger partial charge is 0.262 e. The van der Waals surface area contributed by atoms with Crippen molar-refractivity contribution in [3.63, 3.8) is 0 Å². The first-order chi connectivity index (χ1) is 12.0. The van der Waals surface area contributed by atoms with Crippen molar-refractivity contribution in [1.82, 2.24) is 10.0 Å². The second kappa shape index (κ2) is 9.29. The number of amides is 1. The number of hydrogen-bond acceptors (Lipinski definition) is 6. The van der Waals surface area contributed by atoms with E-state index in [1.165, 1.54) is 17.4 Å². The summed E-state index contributed by atoms with van der Waals surface area (Å²) in [7, 11) is -3.74. The van der Waals surface area contributed by atoms with E-state index < -0.39 is 10.0 Å². The summed E-state index contributed by atoms with van der Waals surface area (Å²) >= 11 is 2.62. The van der Waals surface area contributed by atoms with Gasteiger partial charge < -0.3 is 11.1 Å². The van der Waals surface area contributed by atoms with Crippen molar-refractivity contribution >= 4 is 51.0 Å². The summed E-state index contributed by atoms with van der Waals surface area (Å²) in [6, 6.07) is 5.23. The predicted molar refractivity (Wildman–Crippen MR) is 108 cm³/mol. The molecular formula is C16H22ClN3O3S3. The van der Waals surface area contributed by atoms with E-state index in [2.05, 4.69) is 10.0 Å². The van der Waals surface area contributed by atoms with E-state index in [1.807, 2.05) is 17.5 Å². The van der Waals surface area contributed by atoms with Crippen LogP contribution >= 0.6 is 35.1 Å². The average molecular weight is 436 g/mol. The summed E-state index contributed by atoms with van der Waals surface area (Å²) in [4.78, 5) is 13.8. The van der Waals surface area contributed by atoms with Crippen LogP contribution in [-0.2, 0) is 16.6 Å². The van der Waals surface area contributed by atoms with Crippen molar-refractivity contribution in [2.24, 2.45) is 11.7 Å². The molecule has 1 saturated carbocycles. The van der Waals surface area contributed by atoms with Gasteiger partial charge >= 0.3 is 0 Å². The third-order valence-corrected chi connectivity index (χ3v) is 7.78. The lowest BCUT2D eigenvalue weighted by Crippen LogP contribution is -2.40. The highest BCUT2D eigenvalue weighted by Gasteiger charge is 2.30. The standard InChI is InChI=1S/C16H21N3O3S3.ClH/c17-9-11-3-1-5-13(11)19-16(20)15-14(6-8-24-15)25(21,22)18-10-12-4-2-7-23-12;/h2,4,6-8,11,13,18H,1,3,5,9-10,17H2,(H,19,20);1H. The van der Waals surface area contributed by atoms with Gasteiger partial charge in [0.25, 0.3) is 5.91 Å². The molecule has 0 aliphatic heterocycles. The molecule has 2 aromatic heterocycles. The first-order valence-corrected chi connectivity index (χ1v) is 11.4. The van der Waals surface area contributed by atoms with E-state index in [-0.39, 0.29) is 46.6 Å². The molecule has 1 fully saturated rings. The summed E-state index contributed by atoms with van der Waals surface area (Å²) in [5, 5.41) is 6.49. The van der Waals surface area contributed by atoms with Crippen LogP contribution in [-0.4, -0.2) is 26.9 Å². The molecule has 1 aliphatic rings. The quantitative estimate of drug-likeness (QED) is 0.622. The second-order valence-corrected chi connectivity index (χ2v) is 9.71. The number of thiophene rings is 2. The monoisotopic (exact) mass is 435 g/mol. The van der Waals surface area contributed by atoms with Crippen molar-refractivity contribution in [3.05, 3.63) is 38.7 Å². The van der Waals surface area contributed by atoms with Gasteiger partial charge in [0, 0.05) is 17.5 Å². The minimum Gasteiger partial charge on any atom is -0.348 e. The lowest BCUT2D eigenvalue weighted by Gasteiger charge is -2.19. The maximum absolute atomic E-state index is 12.6. The topological polar surface area (TPSA) is 101 Å². The van der Waals surface area contributed by atoms with Crippen molar-refractivity contribution in [1.29, 1.82) is 0 Å². The van der Waals surface area contributed by atoms with Gasteiger partial charge in [0.05, 0.1) is 0 Å². The fourth-order valence-electron chi connectivity index (χ4n) is 3.07. The van der Waals surface area contributed by atoms with E-state index >= 15 is 0 Å². The molecule has 2 unspecified atom stereocenters. The Morgan fingerprint density at radius 1 is 1.23 bits per heavy atom. The van der Waals surface area contributed by atoms with Crippen molar-refractivity contribution in [2.75, 3.05) is 6.54 Å². The minimum absolute atomic E-state index is 0. The SMILES string of the molecule is Cl.NCC1CCCC1NC(=O)c1sccc1S(=O)(=O)NCc1cccs1. The van der Waals surface area contributed by atoms with Crippen LogP contribution in [0, 0.1) is 5.92 Å². The Balaban J connectivity index is 0.00000243. The van der Waals surface area contributed by atoms with E-state index in [0.29, 0.717) is 6.54 Å². The van der Waals surface area contributed by atoms with Gasteiger partial charge in [-0.3, -0.25) is 4.79 Å². The van der Waals surface area contributed by atoms with Gasteiger partial charge in [0.15, 0.2) is 0 Å². The highest BCUT2D eigenvalue weighted by atomic mass is 35.5. The first-order valence-electron chi connectivity index (χ1n) is 8.11. The molecule has 2 heterocycles. The van der Waals surface area contributed by atoms with Crippen LogP contribution in [0.25, 0.3) is 0 Å². The van der Waals surface area contributed by atoms with E-state index in [9.17, 15) is 13.2 Å². The zero-order valence-corrected chi connectivity index (χ0v) is 17.3. The van der Waals surface area contributed by atoms with Crippen LogP contribution in [0.2, 0.25) is 0 Å². The number of sulfonamides is 1. The number of hydrogen-bond donors (Lipinski definition) is 3. The largest absolute Gasteiger partial charge is 0.348 e. The molecule has 0 bridgehead atoms. The van der Waals surface area contributed by atoms with Crippen molar-refractivity contribution in [2.45, 2.75) is 36.7 Å².